The van der Waals surface area contributed by atoms with Gasteiger partial charge in [-0.1, -0.05) is 74.5 Å². The van der Waals surface area contributed by atoms with Gasteiger partial charge in [0.25, 0.3) is 0 Å². The molecule has 6 aromatic carbocycles. The van der Waals surface area contributed by atoms with Gasteiger partial charge in [-0.05, 0) is 240 Å². The van der Waals surface area contributed by atoms with E-state index in [2.05, 4.69) is 51.0 Å². The summed E-state index contributed by atoms with van der Waals surface area (Å²) in [6.07, 6.45) is 6.59. The molecule has 6 heterocycles. The van der Waals surface area contributed by atoms with Gasteiger partial charge in [-0.25, -0.2) is 51.9 Å². The molecular formula is C97H127BClF5N14O17S3. The summed E-state index contributed by atoms with van der Waals surface area (Å²) < 4.78 is 154. The van der Waals surface area contributed by atoms with E-state index in [0.29, 0.717) is 92.4 Å². The molecule has 12 aromatic rings. The minimum atomic E-state index is -3.35. The van der Waals surface area contributed by atoms with Crippen LogP contribution in [0, 0.1) is 70.6 Å². The molecule has 750 valence electrons. The van der Waals surface area contributed by atoms with E-state index in [9.17, 15) is 71.2 Å². The minimum absolute atomic E-state index is 0. The van der Waals surface area contributed by atoms with Crippen molar-refractivity contribution in [3.63, 3.8) is 0 Å². The zero-order valence-electron chi connectivity index (χ0n) is 81.1. The first-order valence-electron chi connectivity index (χ1n) is 43.5. The van der Waals surface area contributed by atoms with Gasteiger partial charge in [0.2, 0.25) is 0 Å². The number of esters is 2. The fourth-order valence-electron chi connectivity index (χ4n) is 12.8. The second kappa shape index (κ2) is 55.4. The number of hydrogen-bond acceptors (Lipinski definition) is 24. The maximum Gasteiger partial charge on any atom is 0.488 e. The Kier molecular flexibility index (Phi) is 47.4. The number of halogens is 6. The molecule has 31 nitrogen and oxygen atoms in total. The number of nitrogens with two attached hydrogens (primary N) is 2. The van der Waals surface area contributed by atoms with Crippen molar-refractivity contribution in [3.8, 4) is 11.4 Å². The number of carbonyl (C=O) groups excluding carboxylic acids is 4. The number of nitrogens with zero attached hydrogens (tertiary/aromatic N) is 8. The first-order valence-corrected chi connectivity index (χ1v) is 49.7. The number of nitrogens with one attached hydrogen (secondary N) is 4. The predicted octanol–water partition coefficient (Wildman–Crippen LogP) is 14.4. The normalized spacial score (nSPS) is 11.8. The molecule has 11 N–H and O–H groups in total. The van der Waals surface area contributed by atoms with E-state index < -0.39 is 89.0 Å². The number of benzene rings is 6. The molecule has 41 heteroatoms. The number of carboxylic acid groups (broad SMARTS) is 1. The third-order valence-corrected chi connectivity index (χ3v) is 22.2. The number of hydrogen-bond donors (Lipinski definition) is 9. The Hall–Kier alpha value is -12.2. The van der Waals surface area contributed by atoms with E-state index in [4.69, 9.17) is 40.8 Å². The number of aromatic nitrogens is 12. The van der Waals surface area contributed by atoms with Crippen LogP contribution in [0.15, 0.2) is 164 Å². The van der Waals surface area contributed by atoms with Gasteiger partial charge in [0, 0.05) is 114 Å². The second-order valence-electron chi connectivity index (χ2n) is 34.8. The van der Waals surface area contributed by atoms with Crippen molar-refractivity contribution in [1.82, 2.24) is 60.4 Å². The van der Waals surface area contributed by atoms with Crippen molar-refractivity contribution in [2.24, 2.45) is 11.5 Å². The Bertz CT molecular complexity index is 6240. The standard InChI is InChI=1S/C23H24F2N2O3S.C19H26N2O3.C17H21FN2O3S.C11H13FO4S.C11H18N2O2.C6H6BFO2.2C5H9N3.ClH/c1-15-12-21(27(26-15)20-8-6-19(24)7-9-20)10-11-23(28)16(2)17-4-5-18(22(25)13-17)14-31(3,29)30;1-14-12-16(8-11-18(22)24-19(2,3)4)21(20-14)13-15-6-9-17(23-5)10-7-15;1-11-8-15(20-19-11)6-7-17(21)12(2)13-4-5-14(16(18)9-13)10-24(3,22)23;1-7(11(13)14)8-3-4-9(10(12)5-8)6-17(2,15)16;1-8-7-9(13-12-8)5-6-10(14)15-11(2,3)4;8-6-3-1-5(2-4-6)7(9)10;2*1-4-2-5(3-6)8-7-4;/h4-9,12-13,16H,10-11,14H2,1-3H3;6-7,9-10,12H,8,11,13H2,1-5H3;4-5,8-9,12H,6-7,10H2,1-3H3,(H,19,20);3-5,7H,6H2,1-2H3,(H,13,14);7H,5-6H2,1-4H3,(H,12,13);1-4,9-10H;2*2H,3,6H2,1H3,(H,7,8);1H. The third kappa shape index (κ3) is 45.0. The molecule has 0 saturated carbocycles. The Morgan fingerprint density at radius 2 is 0.790 bits per heavy atom. The number of H-pyrrole nitrogens is 4. The van der Waals surface area contributed by atoms with Crippen molar-refractivity contribution >= 4 is 84.0 Å². The summed E-state index contributed by atoms with van der Waals surface area (Å²) in [5, 5.41) is 62.0. The number of sulfone groups is 3. The highest BCUT2D eigenvalue weighted by atomic mass is 35.5. The molecule has 138 heavy (non-hydrogen) atoms. The molecule has 3 atom stereocenters. The lowest BCUT2D eigenvalue weighted by Crippen LogP contribution is -2.29. The van der Waals surface area contributed by atoms with E-state index >= 15 is 0 Å². The zero-order valence-corrected chi connectivity index (χ0v) is 84.4. The van der Waals surface area contributed by atoms with Crippen LogP contribution in [0.3, 0.4) is 0 Å². The van der Waals surface area contributed by atoms with Crippen molar-refractivity contribution in [2.75, 3.05) is 25.9 Å². The highest BCUT2D eigenvalue weighted by Gasteiger charge is 2.25. The van der Waals surface area contributed by atoms with Crippen molar-refractivity contribution in [3.05, 3.63) is 300 Å². The summed E-state index contributed by atoms with van der Waals surface area (Å²) >= 11 is 0. The van der Waals surface area contributed by atoms with Crippen molar-refractivity contribution in [1.29, 1.82) is 0 Å². The summed E-state index contributed by atoms with van der Waals surface area (Å²) in [6.45, 7) is 29.3. The van der Waals surface area contributed by atoms with E-state index in [1.807, 2.05) is 148 Å². The van der Waals surface area contributed by atoms with Crippen LogP contribution in [0.1, 0.15) is 213 Å². The van der Waals surface area contributed by atoms with Crippen LogP contribution in [0.2, 0.25) is 0 Å². The molecule has 0 saturated heterocycles. The molecule has 0 bridgehead atoms. The summed E-state index contributed by atoms with van der Waals surface area (Å²) in [5.74, 6) is -6.23. The molecule has 0 amide bonds. The van der Waals surface area contributed by atoms with E-state index in [1.54, 1.807) is 49.9 Å². The monoisotopic (exact) mass is 2000 g/mol. The lowest BCUT2D eigenvalue weighted by molar-refractivity contribution is -0.155. The number of aryl methyl sites for hydroxylation is 10. The second-order valence-corrected chi connectivity index (χ2v) is 41.2. The number of rotatable bonds is 31. The Morgan fingerprint density at radius 1 is 0.449 bits per heavy atom. The van der Waals surface area contributed by atoms with E-state index in [1.165, 1.54) is 79.7 Å². The molecule has 6 aromatic heterocycles. The fraction of sp³-hybridized carbons (Fsp3) is 0.392. The van der Waals surface area contributed by atoms with Crippen LogP contribution in [0.5, 0.6) is 5.75 Å². The molecule has 0 radical (unpaired) electrons. The van der Waals surface area contributed by atoms with Gasteiger partial charge in [-0.2, -0.15) is 30.6 Å². The van der Waals surface area contributed by atoms with Crippen LogP contribution in [-0.4, -0.2) is 174 Å². The average molecular weight is 2000 g/mol. The zero-order chi connectivity index (χ0) is 103. The van der Waals surface area contributed by atoms with Crippen LogP contribution in [-0.2, 0) is 126 Å². The Morgan fingerprint density at radius 3 is 1.12 bits per heavy atom. The van der Waals surface area contributed by atoms with Crippen LogP contribution < -0.4 is 21.7 Å². The van der Waals surface area contributed by atoms with Crippen molar-refractivity contribution in [2.45, 2.75) is 221 Å². The highest BCUT2D eigenvalue weighted by molar-refractivity contribution is 7.90. The quantitative estimate of drug-likeness (QED) is 0.0111. The number of ketones is 2. The van der Waals surface area contributed by atoms with Gasteiger partial charge in [-0.15, -0.1) is 12.4 Å². The van der Waals surface area contributed by atoms with Gasteiger partial charge in [0.1, 0.15) is 57.6 Å². The van der Waals surface area contributed by atoms with Gasteiger partial charge < -0.3 is 40.8 Å². The molecule has 12 rings (SSSR count). The van der Waals surface area contributed by atoms with Gasteiger partial charge in [0.05, 0.1) is 89.5 Å². The molecule has 0 aliphatic carbocycles. The van der Waals surface area contributed by atoms with Crippen molar-refractivity contribution < 1.29 is 101 Å². The lowest BCUT2D eigenvalue weighted by Gasteiger charge is -2.19. The van der Waals surface area contributed by atoms with Crippen LogP contribution in [0.4, 0.5) is 22.0 Å². The summed E-state index contributed by atoms with van der Waals surface area (Å²) in [5.41, 5.74) is 24.7. The highest BCUT2D eigenvalue weighted by Crippen LogP contribution is 2.28. The smallest absolute Gasteiger partial charge is 0.488 e. The maximum absolute atomic E-state index is 14.3. The summed E-state index contributed by atoms with van der Waals surface area (Å²) in [4.78, 5) is 59.0. The summed E-state index contributed by atoms with van der Waals surface area (Å²) in [7, 11) is -9.82. The molecule has 3 unspecified atom stereocenters. The number of aliphatic carboxylic acids is 1. The number of ether oxygens (including phenoxy) is 3. The topological polar surface area (TPSA) is 479 Å². The SMILES string of the molecule is CC(C(=O)O)c1ccc(CS(C)(=O)=O)c(F)c1.COc1ccc(Cn2nc(C)cc2CCC(=O)OC(C)(C)C)cc1.Cc1cc(CCC(=O)C(C)c2ccc(CS(C)(=O)=O)c(F)c2)n(-c2ccc(F)cc2)n1.Cc1cc(CCC(=O)C(C)c2ccc(CS(C)(=O)=O)c(F)c2)n[nH]1.Cc1cc(CCC(=O)OC(C)(C)C)n[nH]1.Cc1cc(CN)n[nH]1.Cc1cc(CN)n[nH]1.Cl.OB(O)c1ccc(F)cc1. The van der Waals surface area contributed by atoms with Crippen LogP contribution >= 0.6 is 12.4 Å². The maximum atomic E-state index is 14.3. The number of methoxy groups -OCH3 is 1. The first kappa shape index (κ1) is 118. The third-order valence-electron chi connectivity index (χ3n) is 19.7. The molecular weight excluding hydrogens is 1870 g/mol. The van der Waals surface area contributed by atoms with E-state index in [0.717, 1.165) is 104 Å². The van der Waals surface area contributed by atoms with E-state index in [-0.39, 0.29) is 87.9 Å². The number of carboxylic acids is 1. The molecule has 0 aliphatic rings. The van der Waals surface area contributed by atoms with Gasteiger partial charge >= 0.3 is 25.0 Å². The number of carbonyl (C=O) groups is 5. The Labute approximate surface area is 810 Å². The Balaban J connectivity index is 0.000000341. The number of Topliss-reactive ketones (excluding diaryl/α,β-unsaturated/α-hetero) is 2. The largest absolute Gasteiger partial charge is 0.497 e. The average Bonchev–Trinajstić information content (AvgIpc) is 1.69. The van der Waals surface area contributed by atoms with Gasteiger partial charge in [-0.3, -0.25) is 49.0 Å². The molecule has 0 spiro atoms. The summed E-state index contributed by atoms with van der Waals surface area (Å²) in [6, 6.07) is 42.8. The predicted molar refractivity (Wildman–Crippen MR) is 523 cm³/mol. The lowest BCUT2D eigenvalue weighted by atomic mass is 9.80. The minimum Gasteiger partial charge on any atom is -0.497 e. The molecule has 0 fully saturated rings. The fourth-order valence-corrected chi connectivity index (χ4v) is 15.2. The number of aromatic amines is 4. The van der Waals surface area contributed by atoms with Crippen LogP contribution in [0.25, 0.3) is 5.69 Å². The molecule has 0 aliphatic heterocycles. The van der Waals surface area contributed by atoms with Gasteiger partial charge in [0.15, 0.2) is 29.5 Å². The first-order chi connectivity index (χ1) is 63.9.